The molecule has 8 heteroatoms. The van der Waals surface area contributed by atoms with Gasteiger partial charge in [0.15, 0.2) is 0 Å². The molecule has 0 radical (unpaired) electrons. The van der Waals surface area contributed by atoms with E-state index in [1.807, 2.05) is 6.92 Å². The first kappa shape index (κ1) is 23.6. The van der Waals surface area contributed by atoms with Gasteiger partial charge in [-0.2, -0.15) is 0 Å². The molecule has 0 bridgehead atoms. The smallest absolute Gasteiger partial charge is 0.264 e. The van der Waals surface area contributed by atoms with Gasteiger partial charge in [-0.15, -0.1) is 0 Å². The summed E-state index contributed by atoms with van der Waals surface area (Å²) in [7, 11) is -3.92. The highest BCUT2D eigenvalue weighted by atomic mass is 79.9. The van der Waals surface area contributed by atoms with E-state index >= 15 is 0 Å². The van der Waals surface area contributed by atoms with Crippen LogP contribution in [-0.4, -0.2) is 34.0 Å². The zero-order valence-electron chi connectivity index (χ0n) is 17.7. The second-order valence-electron chi connectivity index (χ2n) is 7.70. The molecule has 0 atom stereocenters. The van der Waals surface area contributed by atoms with Crippen LogP contribution >= 0.6 is 15.9 Å². The number of hydrogen-bond donors (Lipinski definition) is 1. The van der Waals surface area contributed by atoms with E-state index in [9.17, 15) is 13.2 Å². The topological polar surface area (TPSA) is 75.7 Å². The van der Waals surface area contributed by atoms with Crippen LogP contribution < -0.4 is 14.4 Å². The summed E-state index contributed by atoms with van der Waals surface area (Å²) in [5.41, 5.74) is 0.416. The van der Waals surface area contributed by atoms with Gasteiger partial charge in [-0.25, -0.2) is 8.42 Å². The molecule has 31 heavy (non-hydrogen) atoms. The molecule has 168 valence electrons. The largest absolute Gasteiger partial charge is 0.494 e. The summed E-state index contributed by atoms with van der Waals surface area (Å²) in [6.45, 7) is 2.71. The van der Waals surface area contributed by atoms with Crippen molar-refractivity contribution in [3.8, 4) is 5.75 Å². The van der Waals surface area contributed by atoms with Gasteiger partial charge in [-0.3, -0.25) is 9.10 Å². The zero-order chi connectivity index (χ0) is 22.3. The summed E-state index contributed by atoms with van der Waals surface area (Å²) in [4.78, 5) is 12.9. The second-order valence-corrected chi connectivity index (χ2v) is 10.5. The lowest BCUT2D eigenvalue weighted by Gasteiger charge is -2.26. The minimum absolute atomic E-state index is 0.129. The van der Waals surface area contributed by atoms with Crippen molar-refractivity contribution in [2.45, 2.75) is 43.9 Å². The van der Waals surface area contributed by atoms with Crippen LogP contribution in [0, 0.1) is 5.92 Å². The Balaban J connectivity index is 1.81. The standard InChI is InChI=1S/C23H29BrN2O4S/c1-2-30-21-12-10-20(11-13-21)26(31(28,29)22-14-8-19(24)9-15-22)17-23(27)25-16-18-6-4-3-5-7-18/h8-15,18H,2-7,16-17H2,1H3,(H,25,27). The van der Waals surface area contributed by atoms with E-state index < -0.39 is 10.0 Å². The van der Waals surface area contributed by atoms with E-state index in [2.05, 4.69) is 21.2 Å². The molecule has 2 aromatic rings. The highest BCUT2D eigenvalue weighted by molar-refractivity contribution is 9.10. The summed E-state index contributed by atoms with van der Waals surface area (Å²) >= 11 is 3.33. The average Bonchev–Trinajstić information content (AvgIpc) is 2.78. The fourth-order valence-electron chi connectivity index (χ4n) is 3.76. The molecular weight excluding hydrogens is 480 g/mol. The first-order valence-corrected chi connectivity index (χ1v) is 12.9. The minimum atomic E-state index is -3.92. The number of sulfonamides is 1. The number of halogens is 1. The fourth-order valence-corrected chi connectivity index (χ4v) is 5.45. The van der Waals surface area contributed by atoms with Gasteiger partial charge in [-0.05, 0) is 74.2 Å². The van der Waals surface area contributed by atoms with Gasteiger partial charge in [0.2, 0.25) is 5.91 Å². The Morgan fingerprint density at radius 2 is 1.71 bits per heavy atom. The molecule has 1 N–H and O–H groups in total. The summed E-state index contributed by atoms with van der Waals surface area (Å²) in [5.74, 6) is 0.814. The van der Waals surface area contributed by atoms with Crippen LogP contribution in [0.15, 0.2) is 57.9 Å². The molecule has 6 nitrogen and oxygen atoms in total. The monoisotopic (exact) mass is 508 g/mol. The minimum Gasteiger partial charge on any atom is -0.494 e. The molecule has 1 aliphatic rings. The number of ether oxygens (including phenoxy) is 1. The van der Waals surface area contributed by atoms with Gasteiger partial charge in [0.05, 0.1) is 17.2 Å². The van der Waals surface area contributed by atoms with Crippen LogP contribution in [0.4, 0.5) is 5.69 Å². The molecule has 0 aliphatic heterocycles. The van der Waals surface area contributed by atoms with Crippen LogP contribution in [0.1, 0.15) is 39.0 Å². The Kier molecular flexibility index (Phi) is 8.37. The maximum atomic E-state index is 13.4. The molecule has 3 rings (SSSR count). The molecule has 0 spiro atoms. The Morgan fingerprint density at radius 3 is 2.32 bits per heavy atom. The Labute approximate surface area is 193 Å². The van der Waals surface area contributed by atoms with Crippen molar-refractivity contribution in [3.63, 3.8) is 0 Å². The lowest BCUT2D eigenvalue weighted by molar-refractivity contribution is -0.119. The lowest BCUT2D eigenvalue weighted by Crippen LogP contribution is -2.42. The molecule has 1 aliphatic carbocycles. The zero-order valence-corrected chi connectivity index (χ0v) is 20.1. The Hall–Kier alpha value is -2.06. The van der Waals surface area contributed by atoms with Crippen LogP contribution in [0.5, 0.6) is 5.75 Å². The van der Waals surface area contributed by atoms with Gasteiger partial charge in [0.25, 0.3) is 10.0 Å². The van der Waals surface area contributed by atoms with Crippen LogP contribution in [-0.2, 0) is 14.8 Å². The molecule has 1 amide bonds. The number of nitrogens with zero attached hydrogens (tertiary/aromatic N) is 1. The van der Waals surface area contributed by atoms with E-state index in [0.29, 0.717) is 30.5 Å². The van der Waals surface area contributed by atoms with Crippen molar-refractivity contribution in [2.24, 2.45) is 5.92 Å². The second kappa shape index (κ2) is 11.0. The number of amides is 1. The highest BCUT2D eigenvalue weighted by Crippen LogP contribution is 2.27. The van der Waals surface area contributed by atoms with Gasteiger partial charge >= 0.3 is 0 Å². The summed E-state index contributed by atoms with van der Waals surface area (Å²) in [6, 6.07) is 13.2. The molecule has 0 aromatic heterocycles. The van der Waals surface area contributed by atoms with Crippen molar-refractivity contribution in [3.05, 3.63) is 53.0 Å². The van der Waals surface area contributed by atoms with Gasteiger partial charge < -0.3 is 10.1 Å². The van der Waals surface area contributed by atoms with Gasteiger partial charge in [0.1, 0.15) is 12.3 Å². The van der Waals surface area contributed by atoms with Crippen molar-refractivity contribution in [1.29, 1.82) is 0 Å². The first-order valence-electron chi connectivity index (χ1n) is 10.7. The van der Waals surface area contributed by atoms with Gasteiger partial charge in [0, 0.05) is 11.0 Å². The van der Waals surface area contributed by atoms with E-state index in [-0.39, 0.29) is 17.3 Å². The molecular formula is C23H29BrN2O4S. The van der Waals surface area contributed by atoms with E-state index in [0.717, 1.165) is 21.6 Å². The summed E-state index contributed by atoms with van der Waals surface area (Å²) in [6.07, 6.45) is 5.86. The van der Waals surface area contributed by atoms with Crippen molar-refractivity contribution < 1.29 is 17.9 Å². The molecule has 0 saturated heterocycles. The summed E-state index contributed by atoms with van der Waals surface area (Å²) in [5, 5.41) is 2.94. The first-order chi connectivity index (χ1) is 14.9. The van der Waals surface area contributed by atoms with Crippen molar-refractivity contribution in [1.82, 2.24) is 5.32 Å². The third kappa shape index (κ3) is 6.46. The predicted octanol–water partition coefficient (Wildman–Crippen LogP) is 4.74. The van der Waals surface area contributed by atoms with Crippen LogP contribution in [0.2, 0.25) is 0 Å². The average molecular weight is 509 g/mol. The number of carbonyl (C=O) groups excluding carboxylic acids is 1. The third-order valence-corrected chi connectivity index (χ3v) is 7.75. The molecule has 1 saturated carbocycles. The normalized spacial score (nSPS) is 14.8. The lowest BCUT2D eigenvalue weighted by atomic mass is 9.89. The number of rotatable bonds is 9. The molecule has 1 fully saturated rings. The number of benzene rings is 2. The maximum Gasteiger partial charge on any atom is 0.264 e. The van der Waals surface area contributed by atoms with Crippen LogP contribution in [0.25, 0.3) is 0 Å². The number of hydrogen-bond acceptors (Lipinski definition) is 4. The summed E-state index contributed by atoms with van der Waals surface area (Å²) < 4.78 is 34.2. The van der Waals surface area contributed by atoms with Crippen LogP contribution in [0.3, 0.4) is 0 Å². The van der Waals surface area contributed by atoms with Crippen molar-refractivity contribution >= 4 is 37.5 Å². The predicted molar refractivity (Wildman–Crippen MR) is 126 cm³/mol. The van der Waals surface area contributed by atoms with Crippen molar-refractivity contribution in [2.75, 3.05) is 24.0 Å². The Morgan fingerprint density at radius 1 is 1.06 bits per heavy atom. The number of nitrogens with one attached hydrogen (secondary N) is 1. The third-order valence-electron chi connectivity index (χ3n) is 5.44. The molecule has 0 heterocycles. The quantitative estimate of drug-likeness (QED) is 0.530. The van der Waals surface area contributed by atoms with E-state index in [1.165, 1.54) is 31.4 Å². The van der Waals surface area contributed by atoms with E-state index in [4.69, 9.17) is 4.74 Å². The Bertz CT molecular complexity index is 956. The van der Waals surface area contributed by atoms with Gasteiger partial charge in [-0.1, -0.05) is 35.2 Å². The highest BCUT2D eigenvalue weighted by Gasteiger charge is 2.27. The maximum absolute atomic E-state index is 13.4. The number of carbonyl (C=O) groups is 1. The fraction of sp³-hybridized carbons (Fsp3) is 0.435. The van der Waals surface area contributed by atoms with E-state index in [1.54, 1.807) is 36.4 Å². The molecule has 0 unspecified atom stereocenters. The SMILES string of the molecule is CCOc1ccc(N(CC(=O)NCC2CCCCC2)S(=O)(=O)c2ccc(Br)cc2)cc1. The molecule has 2 aromatic carbocycles. The number of anilines is 1.